The van der Waals surface area contributed by atoms with Crippen molar-refractivity contribution in [3.8, 4) is 11.1 Å². The summed E-state index contributed by atoms with van der Waals surface area (Å²) in [7, 11) is -3.81. The van der Waals surface area contributed by atoms with Gasteiger partial charge in [0.15, 0.2) is 15.6 Å². The zero-order valence-electron chi connectivity index (χ0n) is 16.7. The van der Waals surface area contributed by atoms with Gasteiger partial charge in [-0.3, -0.25) is 9.59 Å². The van der Waals surface area contributed by atoms with E-state index in [2.05, 4.69) is 0 Å². The van der Waals surface area contributed by atoms with E-state index in [-0.39, 0.29) is 27.2 Å². The van der Waals surface area contributed by atoms with Crippen molar-refractivity contribution in [1.82, 2.24) is 0 Å². The maximum absolute atomic E-state index is 14.8. The highest BCUT2D eigenvalue weighted by Gasteiger charge is 2.22. The molecule has 5 nitrogen and oxygen atoms in total. The third kappa shape index (κ3) is 4.53. The van der Waals surface area contributed by atoms with Crippen LogP contribution in [0.25, 0.3) is 22.1 Å². The van der Waals surface area contributed by atoms with Crippen LogP contribution in [0.15, 0.2) is 68.2 Å². The van der Waals surface area contributed by atoms with E-state index in [0.717, 1.165) is 23.0 Å². The number of rotatable bonds is 6. The summed E-state index contributed by atoms with van der Waals surface area (Å²) in [5.74, 6) is -2.00. The largest absolute Gasteiger partial charge is 0.463 e. The molecule has 0 spiro atoms. The van der Waals surface area contributed by atoms with Crippen molar-refractivity contribution in [2.24, 2.45) is 0 Å². The summed E-state index contributed by atoms with van der Waals surface area (Å²) in [5, 5.41) is 0.339. The van der Waals surface area contributed by atoms with Crippen LogP contribution in [0.4, 0.5) is 4.39 Å². The highest BCUT2D eigenvalue weighted by atomic mass is 35.5. The van der Waals surface area contributed by atoms with Crippen LogP contribution in [0, 0.1) is 12.7 Å². The number of Topliss-reactive ketones (excluding diaryl/α,β-unsaturated/α-hetero) is 1. The van der Waals surface area contributed by atoms with Gasteiger partial charge in [0.25, 0.3) is 0 Å². The van der Waals surface area contributed by atoms with Gasteiger partial charge in [0.05, 0.1) is 15.3 Å². The van der Waals surface area contributed by atoms with Crippen LogP contribution in [-0.4, -0.2) is 20.0 Å². The number of aryl methyl sites for hydroxylation is 1. The SMILES string of the molecule is Cc1ccc2c(=O)c(-c3ccc(CC(=O)CS(=O)(=O)c4ccc(Cl)s4)cc3F)coc2c1. The van der Waals surface area contributed by atoms with Gasteiger partial charge in [-0.05, 0) is 48.4 Å². The summed E-state index contributed by atoms with van der Waals surface area (Å²) in [6.07, 6.45) is 0.952. The van der Waals surface area contributed by atoms with Crippen molar-refractivity contribution >= 4 is 49.5 Å². The maximum atomic E-state index is 14.8. The number of thiophene rings is 1. The average Bonchev–Trinajstić information content (AvgIpc) is 3.16. The van der Waals surface area contributed by atoms with Crippen LogP contribution in [0.2, 0.25) is 4.34 Å². The fourth-order valence-electron chi connectivity index (χ4n) is 3.34. The van der Waals surface area contributed by atoms with Gasteiger partial charge < -0.3 is 4.42 Å². The average molecular weight is 491 g/mol. The Morgan fingerprint density at radius 3 is 2.56 bits per heavy atom. The molecule has 9 heteroatoms. The Balaban J connectivity index is 1.57. The van der Waals surface area contributed by atoms with Gasteiger partial charge in [-0.2, -0.15) is 0 Å². The molecule has 0 amide bonds. The predicted molar refractivity (Wildman–Crippen MR) is 123 cm³/mol. The first-order valence-electron chi connectivity index (χ1n) is 9.45. The lowest BCUT2D eigenvalue weighted by Crippen LogP contribution is -2.17. The molecule has 0 unspecified atom stereocenters. The fraction of sp³-hybridized carbons (Fsp3) is 0.130. The van der Waals surface area contributed by atoms with Crippen molar-refractivity contribution in [1.29, 1.82) is 0 Å². The van der Waals surface area contributed by atoms with Crippen molar-refractivity contribution in [2.45, 2.75) is 17.6 Å². The van der Waals surface area contributed by atoms with Crippen LogP contribution in [0.1, 0.15) is 11.1 Å². The quantitative estimate of drug-likeness (QED) is 0.370. The number of carbonyl (C=O) groups excluding carboxylic acids is 1. The summed E-state index contributed by atoms with van der Waals surface area (Å²) < 4.78 is 45.3. The lowest BCUT2D eigenvalue weighted by Gasteiger charge is -2.07. The molecular weight excluding hydrogens is 475 g/mol. The number of hydrogen-bond donors (Lipinski definition) is 0. The summed E-state index contributed by atoms with van der Waals surface area (Å²) in [5.41, 5.74) is 1.38. The first kappa shape index (κ1) is 22.4. The Labute approximate surface area is 192 Å². The first-order chi connectivity index (χ1) is 15.1. The highest BCUT2D eigenvalue weighted by Crippen LogP contribution is 2.27. The molecule has 2 aromatic carbocycles. The normalized spacial score (nSPS) is 11.7. The number of benzene rings is 2. The molecule has 0 bridgehead atoms. The van der Waals surface area contributed by atoms with E-state index in [9.17, 15) is 22.4 Å². The number of fused-ring (bicyclic) bond motifs is 1. The summed E-state index contributed by atoms with van der Waals surface area (Å²) >= 11 is 6.64. The molecule has 0 aliphatic heterocycles. The molecule has 4 aromatic rings. The van der Waals surface area contributed by atoms with E-state index in [0.29, 0.717) is 20.9 Å². The summed E-state index contributed by atoms with van der Waals surface area (Å²) in [6.45, 7) is 1.87. The summed E-state index contributed by atoms with van der Waals surface area (Å²) in [6, 6.07) is 11.9. The maximum Gasteiger partial charge on any atom is 0.200 e. The minimum atomic E-state index is -3.81. The molecule has 0 radical (unpaired) electrons. The van der Waals surface area contributed by atoms with Crippen LogP contribution >= 0.6 is 22.9 Å². The third-order valence-corrected chi connectivity index (χ3v) is 8.35. The van der Waals surface area contributed by atoms with Crippen LogP contribution in [0.3, 0.4) is 0 Å². The molecule has 4 rings (SSSR count). The Morgan fingerprint density at radius 2 is 1.88 bits per heavy atom. The molecule has 0 atom stereocenters. The van der Waals surface area contributed by atoms with Crippen LogP contribution in [-0.2, 0) is 21.1 Å². The molecule has 2 heterocycles. The van der Waals surface area contributed by atoms with E-state index < -0.39 is 27.2 Å². The zero-order valence-corrected chi connectivity index (χ0v) is 19.1. The van der Waals surface area contributed by atoms with Gasteiger partial charge in [-0.25, -0.2) is 12.8 Å². The van der Waals surface area contributed by atoms with Crippen LogP contribution < -0.4 is 5.43 Å². The monoisotopic (exact) mass is 490 g/mol. The van der Waals surface area contributed by atoms with Crippen LogP contribution in [0.5, 0.6) is 0 Å². The van der Waals surface area contributed by atoms with Gasteiger partial charge >= 0.3 is 0 Å². The minimum Gasteiger partial charge on any atom is -0.463 e. The van der Waals surface area contributed by atoms with E-state index in [1.165, 1.54) is 30.5 Å². The lowest BCUT2D eigenvalue weighted by atomic mass is 10.0. The Kier molecular flexibility index (Phi) is 6.03. The second-order valence-corrected chi connectivity index (χ2v) is 11.3. The van der Waals surface area contributed by atoms with E-state index in [4.69, 9.17) is 16.0 Å². The van der Waals surface area contributed by atoms with Crippen molar-refractivity contribution < 1.29 is 22.0 Å². The molecule has 0 fully saturated rings. The Morgan fingerprint density at radius 1 is 1.09 bits per heavy atom. The Bertz CT molecular complexity index is 1520. The molecule has 2 aromatic heterocycles. The number of halogens is 2. The zero-order chi connectivity index (χ0) is 23.0. The minimum absolute atomic E-state index is 0.00982. The molecule has 164 valence electrons. The standard InChI is InChI=1S/C23H16ClFO5S2/c1-13-2-4-17-20(8-13)30-11-18(23(17)27)16-5-3-14(10-19(16)25)9-15(26)12-32(28,29)22-7-6-21(24)31-22/h2-8,10-11H,9,12H2,1H3. The third-order valence-electron chi connectivity index (χ3n) is 4.86. The van der Waals surface area contributed by atoms with Gasteiger partial charge in [0.1, 0.15) is 27.6 Å². The lowest BCUT2D eigenvalue weighted by molar-refractivity contribution is -0.116. The number of ketones is 1. The second kappa shape index (κ2) is 8.61. The highest BCUT2D eigenvalue weighted by molar-refractivity contribution is 7.94. The first-order valence-corrected chi connectivity index (χ1v) is 12.3. The van der Waals surface area contributed by atoms with E-state index >= 15 is 0 Å². The second-order valence-electron chi connectivity index (χ2n) is 7.33. The number of sulfone groups is 1. The van der Waals surface area contributed by atoms with Gasteiger partial charge in [0.2, 0.25) is 5.43 Å². The topological polar surface area (TPSA) is 81.4 Å². The molecule has 0 saturated heterocycles. The molecular formula is C23H16ClFO5S2. The van der Waals surface area contributed by atoms with Crippen molar-refractivity contribution in [3.05, 3.63) is 86.3 Å². The van der Waals surface area contributed by atoms with Crippen molar-refractivity contribution in [2.75, 3.05) is 5.75 Å². The number of hydrogen-bond acceptors (Lipinski definition) is 6. The molecule has 0 aliphatic carbocycles. The van der Waals surface area contributed by atoms with Crippen molar-refractivity contribution in [3.63, 3.8) is 0 Å². The fourth-order valence-corrected chi connectivity index (χ4v) is 6.15. The smallest absolute Gasteiger partial charge is 0.200 e. The van der Waals surface area contributed by atoms with E-state index in [1.807, 2.05) is 6.92 Å². The Hall–Kier alpha value is -2.81. The molecule has 32 heavy (non-hydrogen) atoms. The number of carbonyl (C=O) groups is 1. The van der Waals surface area contributed by atoms with Gasteiger partial charge in [-0.1, -0.05) is 29.8 Å². The van der Waals surface area contributed by atoms with E-state index in [1.54, 1.807) is 18.2 Å². The van der Waals surface area contributed by atoms with Gasteiger partial charge in [-0.15, -0.1) is 11.3 Å². The molecule has 0 N–H and O–H groups in total. The molecule has 0 aliphatic rings. The van der Waals surface area contributed by atoms with Gasteiger partial charge in [0, 0.05) is 12.0 Å². The predicted octanol–water partition coefficient (Wildman–Crippen LogP) is 5.21. The summed E-state index contributed by atoms with van der Waals surface area (Å²) in [4.78, 5) is 25.1. The molecule has 0 saturated carbocycles.